The standard InChI is InChI=1S/C24H24N4O3/c1-16-26-20-14-25-23(27-21(20)28(16)15-17-9-6-5-7-10-17)30-19-12-8-11-18(13-19)22(29)31-24(2,3)4/h5-14H,15H2,1-4H3. The van der Waals surface area contributed by atoms with E-state index in [2.05, 4.69) is 27.1 Å². The average Bonchev–Trinajstić information content (AvgIpc) is 3.02. The van der Waals surface area contributed by atoms with Crippen LogP contribution in [0.2, 0.25) is 0 Å². The van der Waals surface area contributed by atoms with E-state index >= 15 is 0 Å². The fourth-order valence-electron chi connectivity index (χ4n) is 3.15. The molecule has 0 atom stereocenters. The molecular formula is C24H24N4O3. The van der Waals surface area contributed by atoms with E-state index in [9.17, 15) is 4.79 Å². The van der Waals surface area contributed by atoms with Crippen molar-refractivity contribution in [3.8, 4) is 11.8 Å². The van der Waals surface area contributed by atoms with E-state index in [1.54, 1.807) is 30.5 Å². The summed E-state index contributed by atoms with van der Waals surface area (Å²) in [5.74, 6) is 0.886. The van der Waals surface area contributed by atoms with Crippen molar-refractivity contribution in [2.45, 2.75) is 39.8 Å². The molecule has 31 heavy (non-hydrogen) atoms. The summed E-state index contributed by atoms with van der Waals surface area (Å²) in [7, 11) is 0. The highest BCUT2D eigenvalue weighted by Gasteiger charge is 2.18. The zero-order chi connectivity index (χ0) is 22.0. The van der Waals surface area contributed by atoms with Crippen molar-refractivity contribution in [3.63, 3.8) is 0 Å². The van der Waals surface area contributed by atoms with Crippen molar-refractivity contribution < 1.29 is 14.3 Å². The molecule has 4 rings (SSSR count). The van der Waals surface area contributed by atoms with Crippen LogP contribution in [-0.4, -0.2) is 31.1 Å². The summed E-state index contributed by atoms with van der Waals surface area (Å²) in [5, 5.41) is 0. The fourth-order valence-corrected chi connectivity index (χ4v) is 3.15. The van der Waals surface area contributed by atoms with Crippen LogP contribution in [0.5, 0.6) is 11.8 Å². The number of esters is 1. The number of aryl methyl sites for hydroxylation is 1. The lowest BCUT2D eigenvalue weighted by atomic mass is 10.1. The van der Waals surface area contributed by atoms with Crippen LogP contribution in [0, 0.1) is 6.92 Å². The van der Waals surface area contributed by atoms with Crippen molar-refractivity contribution in [2.75, 3.05) is 0 Å². The molecule has 7 heteroatoms. The van der Waals surface area contributed by atoms with E-state index in [0.717, 1.165) is 11.4 Å². The highest BCUT2D eigenvalue weighted by atomic mass is 16.6. The molecule has 2 aromatic heterocycles. The summed E-state index contributed by atoms with van der Waals surface area (Å²) in [4.78, 5) is 25.7. The van der Waals surface area contributed by atoms with E-state index in [-0.39, 0.29) is 6.01 Å². The Kier molecular flexibility index (Phi) is 5.42. The van der Waals surface area contributed by atoms with Crippen LogP contribution in [0.1, 0.15) is 42.5 Å². The Hall–Kier alpha value is -3.74. The van der Waals surface area contributed by atoms with Crippen LogP contribution >= 0.6 is 0 Å². The van der Waals surface area contributed by atoms with Crippen LogP contribution in [0.3, 0.4) is 0 Å². The lowest BCUT2D eigenvalue weighted by Crippen LogP contribution is -2.23. The number of carbonyl (C=O) groups is 1. The van der Waals surface area contributed by atoms with Crippen LogP contribution in [0.4, 0.5) is 0 Å². The van der Waals surface area contributed by atoms with Gasteiger partial charge in [0.15, 0.2) is 5.65 Å². The maximum absolute atomic E-state index is 12.3. The average molecular weight is 416 g/mol. The van der Waals surface area contributed by atoms with Crippen LogP contribution < -0.4 is 4.74 Å². The molecule has 0 bridgehead atoms. The molecule has 0 spiro atoms. The topological polar surface area (TPSA) is 79.1 Å². The van der Waals surface area contributed by atoms with E-state index in [0.29, 0.717) is 29.0 Å². The molecule has 0 saturated carbocycles. The number of ether oxygens (including phenoxy) is 2. The van der Waals surface area contributed by atoms with Gasteiger partial charge >= 0.3 is 12.0 Å². The maximum Gasteiger partial charge on any atom is 0.338 e. The second kappa shape index (κ2) is 8.18. The van der Waals surface area contributed by atoms with Gasteiger partial charge in [0.2, 0.25) is 0 Å². The molecule has 0 aliphatic rings. The largest absolute Gasteiger partial charge is 0.456 e. The molecular weight excluding hydrogens is 392 g/mol. The number of carbonyl (C=O) groups excluding carboxylic acids is 1. The van der Waals surface area contributed by atoms with Gasteiger partial charge in [-0.15, -0.1) is 0 Å². The quantitative estimate of drug-likeness (QED) is 0.429. The summed E-state index contributed by atoms with van der Waals surface area (Å²) in [6, 6.07) is 17.1. The number of nitrogens with zero attached hydrogens (tertiary/aromatic N) is 4. The Balaban J connectivity index is 1.60. The number of hydrogen-bond donors (Lipinski definition) is 0. The third-order valence-electron chi connectivity index (χ3n) is 4.52. The molecule has 0 radical (unpaired) electrons. The van der Waals surface area contributed by atoms with E-state index < -0.39 is 11.6 Å². The van der Waals surface area contributed by atoms with Gasteiger partial charge in [-0.3, -0.25) is 0 Å². The van der Waals surface area contributed by atoms with E-state index in [4.69, 9.17) is 9.47 Å². The second-order valence-corrected chi connectivity index (χ2v) is 8.22. The summed E-state index contributed by atoms with van der Waals surface area (Å²) >= 11 is 0. The lowest BCUT2D eigenvalue weighted by molar-refractivity contribution is 0.00691. The molecule has 0 aliphatic carbocycles. The van der Waals surface area contributed by atoms with Crippen LogP contribution in [0.25, 0.3) is 11.2 Å². The third-order valence-corrected chi connectivity index (χ3v) is 4.52. The van der Waals surface area contributed by atoms with Gasteiger partial charge in [0.1, 0.15) is 22.7 Å². The molecule has 2 aromatic carbocycles. The molecule has 4 aromatic rings. The fraction of sp³-hybridized carbons (Fsp3) is 0.250. The minimum atomic E-state index is -0.572. The van der Waals surface area contributed by atoms with Crippen molar-refractivity contribution in [1.82, 2.24) is 19.5 Å². The molecule has 0 aliphatic heterocycles. The van der Waals surface area contributed by atoms with Crippen LogP contribution in [0.15, 0.2) is 60.8 Å². The number of imidazole rings is 1. The first kappa shape index (κ1) is 20.5. The Morgan fingerprint density at radius 1 is 1.03 bits per heavy atom. The number of hydrogen-bond acceptors (Lipinski definition) is 6. The Labute approximate surface area is 180 Å². The van der Waals surface area contributed by atoms with Crippen molar-refractivity contribution >= 4 is 17.1 Å². The molecule has 2 heterocycles. The van der Waals surface area contributed by atoms with Gasteiger partial charge in [0, 0.05) is 0 Å². The summed E-state index contributed by atoms with van der Waals surface area (Å²) in [6.07, 6.45) is 1.64. The normalized spacial score (nSPS) is 11.5. The van der Waals surface area contributed by atoms with Gasteiger partial charge in [-0.05, 0) is 51.5 Å². The molecule has 7 nitrogen and oxygen atoms in total. The molecule has 0 fully saturated rings. The maximum atomic E-state index is 12.3. The van der Waals surface area contributed by atoms with Gasteiger partial charge in [-0.2, -0.15) is 4.98 Å². The Morgan fingerprint density at radius 2 is 1.81 bits per heavy atom. The van der Waals surface area contributed by atoms with Gasteiger partial charge in [-0.1, -0.05) is 36.4 Å². The highest BCUT2D eigenvalue weighted by molar-refractivity contribution is 5.90. The van der Waals surface area contributed by atoms with Gasteiger partial charge in [0.25, 0.3) is 0 Å². The first-order valence-corrected chi connectivity index (χ1v) is 10.0. The Bertz CT molecular complexity index is 1230. The summed E-state index contributed by atoms with van der Waals surface area (Å²) in [6.45, 7) is 8.07. The zero-order valence-corrected chi connectivity index (χ0v) is 18.0. The van der Waals surface area contributed by atoms with Crippen molar-refractivity contribution in [1.29, 1.82) is 0 Å². The van der Waals surface area contributed by atoms with Gasteiger partial charge in [-0.25, -0.2) is 14.8 Å². The van der Waals surface area contributed by atoms with Crippen molar-refractivity contribution in [3.05, 3.63) is 77.7 Å². The molecule has 0 saturated heterocycles. The second-order valence-electron chi connectivity index (χ2n) is 8.22. The zero-order valence-electron chi connectivity index (χ0n) is 18.0. The number of fused-ring (bicyclic) bond motifs is 1. The first-order chi connectivity index (χ1) is 14.8. The first-order valence-electron chi connectivity index (χ1n) is 10.0. The SMILES string of the molecule is Cc1nc2cnc(Oc3cccc(C(=O)OC(C)(C)C)c3)nc2n1Cc1ccccc1. The number of benzene rings is 2. The monoisotopic (exact) mass is 416 g/mol. The minimum Gasteiger partial charge on any atom is -0.456 e. The number of aromatic nitrogens is 4. The van der Waals surface area contributed by atoms with E-state index in [1.807, 2.05) is 50.5 Å². The third kappa shape index (κ3) is 4.88. The number of rotatable bonds is 5. The van der Waals surface area contributed by atoms with E-state index in [1.165, 1.54) is 0 Å². The predicted octanol–water partition coefficient (Wildman–Crippen LogP) is 4.93. The molecule has 0 unspecified atom stereocenters. The van der Waals surface area contributed by atoms with Gasteiger partial charge in [0.05, 0.1) is 18.3 Å². The van der Waals surface area contributed by atoms with Crippen LogP contribution in [-0.2, 0) is 11.3 Å². The minimum absolute atomic E-state index is 0.183. The predicted molar refractivity (Wildman–Crippen MR) is 117 cm³/mol. The molecule has 0 N–H and O–H groups in total. The molecule has 158 valence electrons. The smallest absolute Gasteiger partial charge is 0.338 e. The lowest BCUT2D eigenvalue weighted by Gasteiger charge is -2.19. The Morgan fingerprint density at radius 3 is 2.55 bits per heavy atom. The van der Waals surface area contributed by atoms with Gasteiger partial charge < -0.3 is 14.0 Å². The summed E-state index contributed by atoms with van der Waals surface area (Å²) in [5.41, 5.74) is 2.37. The van der Waals surface area contributed by atoms with Crippen molar-refractivity contribution in [2.24, 2.45) is 0 Å². The summed E-state index contributed by atoms with van der Waals surface area (Å²) < 4.78 is 13.3. The molecule has 0 amide bonds. The highest BCUT2D eigenvalue weighted by Crippen LogP contribution is 2.23.